The third-order valence-electron chi connectivity index (χ3n) is 6.27. The molecule has 0 saturated carbocycles. The zero-order valence-corrected chi connectivity index (χ0v) is 23.9. The summed E-state index contributed by atoms with van der Waals surface area (Å²) in [6.45, 7) is 7.82. The van der Waals surface area contributed by atoms with E-state index in [1.165, 1.54) is 7.11 Å². The number of aryl methyl sites for hydroxylation is 1. The smallest absolute Gasteiger partial charge is 0.323 e. The number of hydrogen-bond donors (Lipinski definition) is 4. The molecular weight excluding hydrogens is 514 g/mol. The first kappa shape index (κ1) is 29.7. The number of para-hydroxylation sites is 1. The first-order valence-corrected chi connectivity index (χ1v) is 13.8. The number of aliphatic carboxylic acids is 1. The van der Waals surface area contributed by atoms with Crippen LogP contribution in [-0.2, 0) is 22.4 Å². The van der Waals surface area contributed by atoms with Crippen LogP contribution in [0.5, 0.6) is 5.75 Å². The Morgan fingerprint density at radius 2 is 1.69 bits per heavy atom. The molecule has 0 radical (unpaired) electrons. The monoisotopic (exact) mass is 551 g/mol. The number of carbonyl (C=O) groups excluding carboxylic acids is 2. The maximum Gasteiger partial charge on any atom is 0.323 e. The lowest BCUT2D eigenvalue weighted by Gasteiger charge is -2.20. The van der Waals surface area contributed by atoms with Gasteiger partial charge < -0.3 is 25.8 Å². The summed E-state index contributed by atoms with van der Waals surface area (Å²) < 4.78 is 5.48. The normalized spacial score (nSPS) is 12.5. The number of urea groups is 1. The highest BCUT2D eigenvalue weighted by atomic mass is 32.1. The molecule has 0 aliphatic heterocycles. The van der Waals surface area contributed by atoms with Crippen LogP contribution in [0.1, 0.15) is 54.1 Å². The largest absolute Gasteiger partial charge is 0.495 e. The van der Waals surface area contributed by atoms with Crippen LogP contribution < -0.4 is 20.7 Å². The summed E-state index contributed by atoms with van der Waals surface area (Å²) >= 11 is 1.55. The van der Waals surface area contributed by atoms with Crippen molar-refractivity contribution in [2.45, 2.75) is 53.0 Å². The summed E-state index contributed by atoms with van der Waals surface area (Å²) in [7, 11) is 1.52. The number of ether oxygens (including phenoxy) is 1. The van der Waals surface area contributed by atoms with Crippen molar-refractivity contribution >= 4 is 40.6 Å². The first-order valence-electron chi connectivity index (χ1n) is 13.0. The molecular formula is C30H37N3O5S. The number of benzene rings is 2. The standard InChI is InChI=1S/C30H37N3O5S/c1-18(2)14-25(27-13-11-22(39-27)15-20(4)29(35)36)31-28(34)17-21-10-12-24(26(16-21)38-5)33-30(37)32-23-9-7-6-8-19(23)3/h6-13,16,18,20,25H,14-15,17H2,1-5H3,(H,31,34)(H,35,36)(H2,32,33,37). The van der Waals surface area contributed by atoms with Gasteiger partial charge in [-0.05, 0) is 67.1 Å². The van der Waals surface area contributed by atoms with E-state index in [4.69, 9.17) is 4.74 Å². The minimum Gasteiger partial charge on any atom is -0.495 e. The first-order chi connectivity index (χ1) is 18.5. The number of hydrogen-bond acceptors (Lipinski definition) is 5. The summed E-state index contributed by atoms with van der Waals surface area (Å²) in [4.78, 5) is 38.8. The SMILES string of the molecule is COc1cc(CC(=O)NC(CC(C)C)c2ccc(CC(C)C(=O)O)s2)ccc1NC(=O)Nc1ccccc1C. The lowest BCUT2D eigenvalue weighted by Crippen LogP contribution is -2.30. The molecule has 1 heterocycles. The minimum absolute atomic E-state index is 0.130. The summed E-state index contributed by atoms with van der Waals surface area (Å²) in [5, 5.41) is 18.0. The maximum absolute atomic E-state index is 13.0. The molecule has 2 aromatic carbocycles. The van der Waals surface area contributed by atoms with Gasteiger partial charge in [-0.25, -0.2) is 4.79 Å². The molecule has 208 valence electrons. The Morgan fingerprint density at radius 3 is 2.36 bits per heavy atom. The van der Waals surface area contributed by atoms with Gasteiger partial charge in [0, 0.05) is 15.4 Å². The Hall–Kier alpha value is -3.85. The zero-order valence-electron chi connectivity index (χ0n) is 23.0. The summed E-state index contributed by atoms with van der Waals surface area (Å²) in [6, 6.07) is 16.1. The van der Waals surface area contributed by atoms with E-state index in [1.54, 1.807) is 36.5 Å². The number of thiophene rings is 1. The van der Waals surface area contributed by atoms with Crippen molar-refractivity contribution in [1.82, 2.24) is 5.32 Å². The highest BCUT2D eigenvalue weighted by Gasteiger charge is 2.20. The molecule has 0 fully saturated rings. The van der Waals surface area contributed by atoms with Crippen molar-refractivity contribution in [3.8, 4) is 5.75 Å². The highest BCUT2D eigenvalue weighted by Crippen LogP contribution is 2.30. The van der Waals surface area contributed by atoms with Crippen molar-refractivity contribution in [2.24, 2.45) is 11.8 Å². The van der Waals surface area contributed by atoms with E-state index in [0.717, 1.165) is 27.3 Å². The van der Waals surface area contributed by atoms with Crippen LogP contribution in [0.25, 0.3) is 0 Å². The fourth-order valence-corrected chi connectivity index (χ4v) is 5.37. The summed E-state index contributed by atoms with van der Waals surface area (Å²) in [5.74, 6) is -0.602. The molecule has 0 aliphatic carbocycles. The van der Waals surface area contributed by atoms with E-state index in [0.29, 0.717) is 29.5 Å². The number of carboxylic acids is 1. The van der Waals surface area contributed by atoms with Gasteiger partial charge in [-0.15, -0.1) is 11.3 Å². The van der Waals surface area contributed by atoms with Crippen LogP contribution in [0.2, 0.25) is 0 Å². The molecule has 3 rings (SSSR count). The van der Waals surface area contributed by atoms with Crippen molar-refractivity contribution in [1.29, 1.82) is 0 Å². The predicted octanol–water partition coefficient (Wildman–Crippen LogP) is 6.42. The average molecular weight is 552 g/mol. The van der Waals surface area contributed by atoms with E-state index in [1.807, 2.05) is 43.3 Å². The number of nitrogens with one attached hydrogen (secondary N) is 3. The number of carboxylic acid groups (broad SMARTS) is 1. The van der Waals surface area contributed by atoms with Gasteiger partial charge >= 0.3 is 12.0 Å². The van der Waals surface area contributed by atoms with Gasteiger partial charge in [-0.1, -0.05) is 45.0 Å². The fraction of sp³-hybridized carbons (Fsp3) is 0.367. The predicted molar refractivity (Wildman–Crippen MR) is 156 cm³/mol. The lowest BCUT2D eigenvalue weighted by molar-refractivity contribution is -0.141. The number of methoxy groups -OCH3 is 1. The number of carbonyl (C=O) groups is 3. The Kier molecular flexibility index (Phi) is 10.5. The van der Waals surface area contributed by atoms with Crippen molar-refractivity contribution in [2.75, 3.05) is 17.7 Å². The van der Waals surface area contributed by atoms with Gasteiger partial charge in [0.1, 0.15) is 5.75 Å². The molecule has 2 unspecified atom stereocenters. The number of rotatable bonds is 12. The van der Waals surface area contributed by atoms with Crippen molar-refractivity contribution < 1.29 is 24.2 Å². The molecule has 8 nitrogen and oxygen atoms in total. The van der Waals surface area contributed by atoms with E-state index in [2.05, 4.69) is 29.8 Å². The maximum atomic E-state index is 13.0. The third kappa shape index (κ3) is 8.85. The summed E-state index contributed by atoms with van der Waals surface area (Å²) in [5.41, 5.74) is 2.91. The molecule has 4 N–H and O–H groups in total. The van der Waals surface area contributed by atoms with E-state index >= 15 is 0 Å². The van der Waals surface area contributed by atoms with Crippen molar-refractivity contribution in [3.63, 3.8) is 0 Å². The Balaban J connectivity index is 1.65. The number of anilines is 2. The molecule has 3 aromatic rings. The highest BCUT2D eigenvalue weighted by molar-refractivity contribution is 7.12. The van der Waals surface area contributed by atoms with Crippen molar-refractivity contribution in [3.05, 3.63) is 75.5 Å². The average Bonchev–Trinajstić information content (AvgIpc) is 3.34. The van der Waals surface area contributed by atoms with Crippen LogP contribution in [0.4, 0.5) is 16.2 Å². The lowest BCUT2D eigenvalue weighted by atomic mass is 10.0. The molecule has 39 heavy (non-hydrogen) atoms. The van der Waals surface area contributed by atoms with Gasteiger partial charge in [-0.3, -0.25) is 9.59 Å². The second-order valence-corrected chi connectivity index (χ2v) is 11.3. The van der Waals surface area contributed by atoms with Gasteiger partial charge in [0.15, 0.2) is 0 Å². The van der Waals surface area contributed by atoms with Crippen LogP contribution in [-0.4, -0.2) is 30.1 Å². The molecule has 0 bridgehead atoms. The second kappa shape index (κ2) is 13.8. The Morgan fingerprint density at radius 1 is 0.974 bits per heavy atom. The summed E-state index contributed by atoms with van der Waals surface area (Å²) in [6.07, 6.45) is 1.38. The molecule has 0 saturated heterocycles. The van der Waals surface area contributed by atoms with Crippen LogP contribution in [0.3, 0.4) is 0 Å². The van der Waals surface area contributed by atoms with Gasteiger partial charge in [0.25, 0.3) is 0 Å². The zero-order chi connectivity index (χ0) is 28.5. The topological polar surface area (TPSA) is 117 Å². The van der Waals surface area contributed by atoms with Gasteiger partial charge in [-0.2, -0.15) is 0 Å². The molecule has 2 atom stereocenters. The molecule has 0 aliphatic rings. The molecule has 3 amide bonds. The molecule has 0 spiro atoms. The van der Waals surface area contributed by atoms with Crippen LogP contribution in [0.15, 0.2) is 54.6 Å². The van der Waals surface area contributed by atoms with E-state index < -0.39 is 17.9 Å². The fourth-order valence-electron chi connectivity index (χ4n) is 4.17. The Labute approximate surface area is 233 Å². The second-order valence-electron chi connectivity index (χ2n) is 10.1. The minimum atomic E-state index is -0.819. The van der Waals surface area contributed by atoms with Gasteiger partial charge in [0.2, 0.25) is 5.91 Å². The quantitative estimate of drug-likeness (QED) is 0.207. The Bertz CT molecular complexity index is 1300. The van der Waals surface area contributed by atoms with E-state index in [-0.39, 0.29) is 18.4 Å². The number of amides is 3. The van der Waals surface area contributed by atoms with E-state index in [9.17, 15) is 19.5 Å². The van der Waals surface area contributed by atoms with Crippen LogP contribution in [0, 0.1) is 18.8 Å². The molecule has 9 heteroatoms. The van der Waals surface area contributed by atoms with Gasteiger partial charge in [0.05, 0.1) is 31.2 Å². The molecule has 1 aromatic heterocycles. The van der Waals surface area contributed by atoms with Crippen LogP contribution >= 0.6 is 11.3 Å². The third-order valence-corrected chi connectivity index (χ3v) is 7.49.